The molecule has 1 saturated heterocycles. The molecule has 214 valence electrons. The fourth-order valence-corrected chi connectivity index (χ4v) is 4.73. The largest absolute Gasteiger partial charge is 0.481 e. The van der Waals surface area contributed by atoms with Crippen LogP contribution in [0, 0.1) is 30.2 Å². The molecule has 2 atom stereocenters. The van der Waals surface area contributed by atoms with Gasteiger partial charge in [-0.3, -0.25) is 19.2 Å². The van der Waals surface area contributed by atoms with Crippen LogP contribution in [0.1, 0.15) is 50.7 Å². The van der Waals surface area contributed by atoms with E-state index in [0.29, 0.717) is 17.7 Å². The Labute approximate surface area is 232 Å². The van der Waals surface area contributed by atoms with E-state index in [1.54, 1.807) is 31.2 Å². The Morgan fingerprint density at radius 2 is 1.49 bits per heavy atom. The van der Waals surface area contributed by atoms with Crippen molar-refractivity contribution < 1.29 is 41.8 Å². The van der Waals surface area contributed by atoms with E-state index in [9.17, 15) is 41.8 Å². The van der Waals surface area contributed by atoms with E-state index in [0.717, 1.165) is 39.6 Å². The summed E-state index contributed by atoms with van der Waals surface area (Å²) >= 11 is 0. The number of nitrogens with one attached hydrogen (secondary N) is 1. The Kier molecular flexibility index (Phi) is 8.70. The van der Waals surface area contributed by atoms with E-state index in [1.165, 1.54) is 0 Å². The zero-order chi connectivity index (χ0) is 29.8. The molecule has 0 radical (unpaired) electrons. The highest BCUT2D eigenvalue weighted by molar-refractivity contribution is 6.01. The second-order valence-electron chi connectivity index (χ2n) is 9.58. The molecule has 2 N–H and O–H groups in total. The lowest BCUT2D eigenvalue weighted by Gasteiger charge is -2.43. The van der Waals surface area contributed by atoms with Gasteiger partial charge in [-0.05, 0) is 49.2 Å². The number of carboxylic acid groups (broad SMARTS) is 1. The van der Waals surface area contributed by atoms with Gasteiger partial charge < -0.3 is 20.2 Å². The Hall–Kier alpha value is -4.74. The molecule has 1 heterocycles. The van der Waals surface area contributed by atoms with Crippen LogP contribution in [-0.2, 0) is 9.59 Å². The Bertz CT molecular complexity index is 1500. The summed E-state index contributed by atoms with van der Waals surface area (Å²) in [5.74, 6) is -8.68. The lowest BCUT2D eigenvalue weighted by Crippen LogP contribution is -2.63. The van der Waals surface area contributed by atoms with Crippen molar-refractivity contribution in [1.29, 1.82) is 0 Å². The monoisotopic (exact) mass is 571 g/mol. The minimum atomic E-state index is -1.72. The summed E-state index contributed by atoms with van der Waals surface area (Å²) < 4.78 is 55.4. The third kappa shape index (κ3) is 6.71. The molecule has 1 aliphatic heterocycles. The van der Waals surface area contributed by atoms with E-state index < -0.39 is 71.2 Å². The van der Waals surface area contributed by atoms with Crippen molar-refractivity contribution in [2.24, 2.45) is 0 Å². The Morgan fingerprint density at radius 1 is 0.854 bits per heavy atom. The summed E-state index contributed by atoms with van der Waals surface area (Å²) in [5, 5.41) is 12.1. The highest BCUT2D eigenvalue weighted by Gasteiger charge is 2.42. The Morgan fingerprint density at radius 3 is 2.07 bits per heavy atom. The van der Waals surface area contributed by atoms with Crippen LogP contribution in [0.5, 0.6) is 0 Å². The lowest BCUT2D eigenvalue weighted by molar-refractivity contribution is -0.138. The summed E-state index contributed by atoms with van der Waals surface area (Å²) in [5.41, 5.74) is 0.488. The topological polar surface area (TPSA) is 107 Å². The molecule has 1 fully saturated rings. The van der Waals surface area contributed by atoms with Crippen molar-refractivity contribution in [2.75, 3.05) is 13.1 Å². The first-order valence-corrected chi connectivity index (χ1v) is 12.6. The predicted molar refractivity (Wildman–Crippen MR) is 138 cm³/mol. The fraction of sp³-hybridized carbons (Fsp3) is 0.241. The Balaban J connectivity index is 1.75. The number of amides is 3. The van der Waals surface area contributed by atoms with Gasteiger partial charge in [-0.1, -0.05) is 29.8 Å². The van der Waals surface area contributed by atoms with Crippen molar-refractivity contribution >= 4 is 23.7 Å². The molecule has 4 rings (SSSR count). The van der Waals surface area contributed by atoms with Crippen LogP contribution in [0.15, 0.2) is 60.7 Å². The van der Waals surface area contributed by atoms with Gasteiger partial charge in [0.05, 0.1) is 12.5 Å². The normalized spacial score (nSPS) is 15.8. The van der Waals surface area contributed by atoms with Gasteiger partial charge in [-0.25, -0.2) is 17.6 Å². The van der Waals surface area contributed by atoms with E-state index in [2.05, 4.69) is 5.32 Å². The average Bonchev–Trinajstić information content (AvgIpc) is 2.92. The number of carbonyl (C=O) groups is 4. The summed E-state index contributed by atoms with van der Waals surface area (Å²) in [4.78, 5) is 54.3. The van der Waals surface area contributed by atoms with Crippen molar-refractivity contribution in [3.8, 4) is 0 Å². The molecule has 0 bridgehead atoms. The van der Waals surface area contributed by atoms with Gasteiger partial charge in [0.2, 0.25) is 0 Å². The first-order valence-electron chi connectivity index (χ1n) is 12.6. The molecule has 8 nitrogen and oxygen atoms in total. The molecular weight excluding hydrogens is 546 g/mol. The molecule has 3 aromatic carbocycles. The molecule has 0 spiro atoms. The smallest absolute Gasteiger partial charge is 0.305 e. The minimum Gasteiger partial charge on any atom is -0.481 e. The van der Waals surface area contributed by atoms with Crippen LogP contribution < -0.4 is 5.32 Å². The number of halogens is 4. The van der Waals surface area contributed by atoms with Crippen molar-refractivity contribution in [3.63, 3.8) is 0 Å². The van der Waals surface area contributed by atoms with Crippen LogP contribution in [0.3, 0.4) is 0 Å². The number of benzene rings is 3. The third-order valence-corrected chi connectivity index (χ3v) is 6.56. The van der Waals surface area contributed by atoms with E-state index in [1.807, 2.05) is 0 Å². The molecule has 12 heteroatoms. The first kappa shape index (κ1) is 29.2. The predicted octanol–water partition coefficient (Wildman–Crippen LogP) is 4.20. The van der Waals surface area contributed by atoms with Crippen molar-refractivity contribution in [2.45, 2.75) is 32.0 Å². The third-order valence-electron chi connectivity index (χ3n) is 6.56. The van der Waals surface area contributed by atoms with Gasteiger partial charge in [-0.2, -0.15) is 0 Å². The lowest BCUT2D eigenvalue weighted by atomic mass is 10.0. The zero-order valence-corrected chi connectivity index (χ0v) is 21.7. The second kappa shape index (κ2) is 12.2. The number of aliphatic carboxylic acids is 1. The maximum absolute atomic E-state index is 14.0. The van der Waals surface area contributed by atoms with Crippen LogP contribution in [0.25, 0.3) is 0 Å². The van der Waals surface area contributed by atoms with Crippen LogP contribution in [0.4, 0.5) is 17.6 Å². The van der Waals surface area contributed by atoms with E-state index >= 15 is 0 Å². The fourth-order valence-electron chi connectivity index (χ4n) is 4.73. The summed E-state index contributed by atoms with van der Waals surface area (Å²) in [7, 11) is 0. The minimum absolute atomic E-state index is 0.0920. The van der Waals surface area contributed by atoms with Gasteiger partial charge >= 0.3 is 5.97 Å². The summed E-state index contributed by atoms with van der Waals surface area (Å²) in [6.07, 6.45) is -2.12. The maximum Gasteiger partial charge on any atom is 0.305 e. The second-order valence-corrected chi connectivity index (χ2v) is 9.58. The van der Waals surface area contributed by atoms with E-state index in [-0.39, 0.29) is 25.1 Å². The molecule has 2 unspecified atom stereocenters. The van der Waals surface area contributed by atoms with E-state index in [4.69, 9.17) is 0 Å². The maximum atomic E-state index is 14.0. The number of hydrogen-bond donors (Lipinski definition) is 2. The average molecular weight is 572 g/mol. The van der Waals surface area contributed by atoms with Gasteiger partial charge in [0, 0.05) is 30.3 Å². The zero-order valence-electron chi connectivity index (χ0n) is 21.7. The standard InChI is InChI=1S/C29H25F4N3O5/c1-16-4-2-5-17(10-16)24(15-25(37)38)34-26(39)27-35(28(40)18-6-7-22(32)23(33)13-18)8-3-9-36(27)29(41)19-11-20(30)14-21(31)12-19/h2,4-7,10-14,24,27H,3,8-9,15H2,1H3,(H,34,39)(H,37,38). The van der Waals surface area contributed by atoms with Crippen molar-refractivity contribution in [1.82, 2.24) is 15.1 Å². The molecule has 0 saturated carbocycles. The molecule has 41 heavy (non-hydrogen) atoms. The highest BCUT2D eigenvalue weighted by Crippen LogP contribution is 2.25. The van der Waals surface area contributed by atoms with Crippen LogP contribution in [-0.4, -0.2) is 57.9 Å². The quantitative estimate of drug-likeness (QED) is 0.414. The summed E-state index contributed by atoms with van der Waals surface area (Å²) in [6.45, 7) is 1.57. The first-order chi connectivity index (χ1) is 19.4. The number of nitrogens with zero attached hydrogens (tertiary/aromatic N) is 2. The van der Waals surface area contributed by atoms with Gasteiger partial charge in [0.25, 0.3) is 17.7 Å². The van der Waals surface area contributed by atoms with Crippen molar-refractivity contribution in [3.05, 3.63) is 106 Å². The molecule has 3 amide bonds. The summed E-state index contributed by atoms with van der Waals surface area (Å²) in [6, 6.07) is 10.1. The number of hydrogen-bond acceptors (Lipinski definition) is 4. The molecule has 0 aromatic heterocycles. The number of rotatable bonds is 7. The number of carboxylic acids is 1. The number of aryl methyl sites for hydroxylation is 1. The SMILES string of the molecule is Cc1cccc(C(CC(=O)O)NC(=O)C2N(C(=O)c3cc(F)cc(F)c3)CCCN2C(=O)c2ccc(F)c(F)c2)c1. The highest BCUT2D eigenvalue weighted by atomic mass is 19.2. The van der Waals surface area contributed by atoms with Crippen LogP contribution in [0.2, 0.25) is 0 Å². The number of carbonyl (C=O) groups excluding carboxylic acids is 3. The molecule has 1 aliphatic rings. The molecule has 3 aromatic rings. The molecule has 0 aliphatic carbocycles. The molecular formula is C29H25F4N3O5. The van der Waals surface area contributed by atoms with Gasteiger partial charge in [-0.15, -0.1) is 0 Å². The van der Waals surface area contributed by atoms with Crippen LogP contribution >= 0.6 is 0 Å². The van der Waals surface area contributed by atoms with Gasteiger partial charge in [0.15, 0.2) is 17.8 Å². The van der Waals surface area contributed by atoms with Gasteiger partial charge in [0.1, 0.15) is 11.6 Å².